The summed E-state index contributed by atoms with van der Waals surface area (Å²) in [5.74, 6) is 0.0219. The summed E-state index contributed by atoms with van der Waals surface area (Å²) in [7, 11) is 0. The lowest BCUT2D eigenvalue weighted by atomic mass is 9.82. The lowest BCUT2D eigenvalue weighted by Crippen LogP contribution is -2.56. The molecule has 0 radical (unpaired) electrons. The molecule has 3 rings (SSSR count). The van der Waals surface area contributed by atoms with E-state index in [0.29, 0.717) is 18.3 Å². The normalized spacial score (nSPS) is 25.8. The molecule has 1 aromatic carbocycles. The summed E-state index contributed by atoms with van der Waals surface area (Å²) in [5, 5.41) is 15.4. The third-order valence-corrected chi connectivity index (χ3v) is 6.18. The quantitative estimate of drug-likeness (QED) is 0.539. The van der Waals surface area contributed by atoms with E-state index in [4.69, 9.17) is 19.3 Å². The fourth-order valence-corrected chi connectivity index (χ4v) is 4.63. The second-order valence-corrected chi connectivity index (χ2v) is 9.98. The second-order valence-electron chi connectivity index (χ2n) is 9.98. The van der Waals surface area contributed by atoms with Crippen LogP contribution in [0.3, 0.4) is 0 Å². The molecule has 2 aliphatic rings. The molecule has 1 aromatic rings. The lowest BCUT2D eigenvalue weighted by molar-refractivity contribution is -0.139. The summed E-state index contributed by atoms with van der Waals surface area (Å²) < 4.78 is 17.2. The van der Waals surface area contributed by atoms with Crippen molar-refractivity contribution < 1.29 is 28.9 Å². The Kier molecular flexibility index (Phi) is 8.97. The molecule has 1 aliphatic heterocycles. The van der Waals surface area contributed by atoms with Crippen LogP contribution in [0.15, 0.2) is 24.3 Å². The Morgan fingerprint density at radius 3 is 2.55 bits per heavy atom. The molecular weight excluding hydrogens is 424 g/mol. The third kappa shape index (κ3) is 8.19. The SMILES string of the molecule is CC(C)(C)OC(=O)N[C@H]1CCCN[C@@H]1COC1CCC(c2ccccc2OCC(=O)O)CC1. The number of carbonyl (C=O) groups excluding carboxylic acids is 1. The molecule has 0 unspecified atom stereocenters. The van der Waals surface area contributed by atoms with Crippen LogP contribution in [0.2, 0.25) is 0 Å². The largest absolute Gasteiger partial charge is 0.482 e. The molecule has 8 nitrogen and oxygen atoms in total. The van der Waals surface area contributed by atoms with Crippen LogP contribution in [-0.2, 0) is 14.3 Å². The van der Waals surface area contributed by atoms with E-state index >= 15 is 0 Å². The average Bonchev–Trinajstić information content (AvgIpc) is 2.76. The molecule has 8 heteroatoms. The van der Waals surface area contributed by atoms with Gasteiger partial charge >= 0.3 is 12.1 Å². The number of carbonyl (C=O) groups is 2. The van der Waals surface area contributed by atoms with Gasteiger partial charge in [0.1, 0.15) is 11.4 Å². The molecule has 0 spiro atoms. The maximum absolute atomic E-state index is 12.2. The van der Waals surface area contributed by atoms with Gasteiger partial charge in [0.25, 0.3) is 0 Å². The standard InChI is InChI=1S/C25H38N2O6/c1-25(2,3)33-24(30)27-20-8-6-14-26-21(20)15-31-18-12-10-17(11-13-18)19-7-4-5-9-22(19)32-16-23(28)29/h4-5,7,9,17-18,20-21,26H,6,8,10-16H2,1-3H3,(H,27,30)(H,28,29)/t17?,18?,20-,21+/m0/s1. The number of carboxylic acid groups (broad SMARTS) is 1. The Hall–Kier alpha value is -2.32. The van der Waals surface area contributed by atoms with E-state index in [9.17, 15) is 9.59 Å². The van der Waals surface area contributed by atoms with Gasteiger partial charge in [-0.1, -0.05) is 18.2 Å². The van der Waals surface area contributed by atoms with Gasteiger partial charge in [0.15, 0.2) is 6.61 Å². The second kappa shape index (κ2) is 11.7. The Bertz CT molecular complexity index is 785. The summed E-state index contributed by atoms with van der Waals surface area (Å²) in [6.07, 6.45) is 5.52. The highest BCUT2D eigenvalue weighted by molar-refractivity contribution is 5.68. The number of carboxylic acids is 1. The summed E-state index contributed by atoms with van der Waals surface area (Å²) >= 11 is 0. The number of rotatable bonds is 8. The topological polar surface area (TPSA) is 106 Å². The molecule has 1 saturated heterocycles. The van der Waals surface area contributed by atoms with Crippen LogP contribution in [0.1, 0.15) is 70.8 Å². The van der Waals surface area contributed by atoms with E-state index in [2.05, 4.69) is 10.6 Å². The van der Waals surface area contributed by atoms with E-state index in [1.807, 2.05) is 45.0 Å². The van der Waals surface area contributed by atoms with Crippen molar-refractivity contribution in [1.29, 1.82) is 0 Å². The Morgan fingerprint density at radius 1 is 1.12 bits per heavy atom. The summed E-state index contributed by atoms with van der Waals surface area (Å²) in [4.78, 5) is 23.1. The van der Waals surface area contributed by atoms with Crippen molar-refractivity contribution in [3.05, 3.63) is 29.8 Å². The number of ether oxygens (including phenoxy) is 3. The monoisotopic (exact) mass is 462 g/mol. The highest BCUT2D eigenvalue weighted by Crippen LogP contribution is 2.38. The molecule has 0 bridgehead atoms. The van der Waals surface area contributed by atoms with E-state index in [0.717, 1.165) is 50.6 Å². The van der Waals surface area contributed by atoms with Crippen molar-refractivity contribution in [3.8, 4) is 5.75 Å². The predicted octanol–water partition coefficient (Wildman–Crippen LogP) is 3.84. The van der Waals surface area contributed by atoms with E-state index in [1.165, 1.54) is 0 Å². The molecule has 3 N–H and O–H groups in total. The molecule has 1 heterocycles. The zero-order valence-electron chi connectivity index (χ0n) is 20.0. The van der Waals surface area contributed by atoms with Crippen molar-refractivity contribution in [3.63, 3.8) is 0 Å². The van der Waals surface area contributed by atoms with Gasteiger partial charge in [-0.15, -0.1) is 0 Å². The first kappa shape index (κ1) is 25.3. The molecule has 2 atom stereocenters. The number of alkyl carbamates (subject to hydrolysis) is 1. The maximum Gasteiger partial charge on any atom is 0.407 e. The number of piperidine rings is 1. The van der Waals surface area contributed by atoms with Crippen LogP contribution in [0.5, 0.6) is 5.75 Å². The van der Waals surface area contributed by atoms with Crippen LogP contribution < -0.4 is 15.4 Å². The van der Waals surface area contributed by atoms with Crippen molar-refractivity contribution in [2.24, 2.45) is 0 Å². The summed E-state index contributed by atoms with van der Waals surface area (Å²) in [6.45, 7) is 6.72. The Balaban J connectivity index is 1.47. The van der Waals surface area contributed by atoms with Gasteiger partial charge in [-0.25, -0.2) is 9.59 Å². The zero-order valence-corrected chi connectivity index (χ0v) is 20.0. The van der Waals surface area contributed by atoms with Gasteiger partial charge in [0.2, 0.25) is 0 Å². The first-order chi connectivity index (χ1) is 15.7. The first-order valence-electron chi connectivity index (χ1n) is 12.0. The molecule has 33 heavy (non-hydrogen) atoms. The van der Waals surface area contributed by atoms with E-state index in [-0.39, 0.29) is 30.9 Å². The van der Waals surface area contributed by atoms with Gasteiger partial charge in [0, 0.05) is 6.04 Å². The van der Waals surface area contributed by atoms with Crippen LogP contribution in [-0.4, -0.2) is 60.7 Å². The summed E-state index contributed by atoms with van der Waals surface area (Å²) in [5.41, 5.74) is 0.557. The van der Waals surface area contributed by atoms with Gasteiger partial charge in [-0.2, -0.15) is 0 Å². The lowest BCUT2D eigenvalue weighted by Gasteiger charge is -2.35. The van der Waals surface area contributed by atoms with Gasteiger partial charge in [-0.05, 0) is 83.4 Å². The molecule has 1 amide bonds. The number of nitrogens with one attached hydrogen (secondary N) is 2. The number of para-hydroxylation sites is 1. The zero-order chi connectivity index (χ0) is 23.8. The fourth-order valence-electron chi connectivity index (χ4n) is 4.63. The van der Waals surface area contributed by atoms with Crippen LogP contribution in [0, 0.1) is 0 Å². The first-order valence-corrected chi connectivity index (χ1v) is 12.0. The van der Waals surface area contributed by atoms with E-state index < -0.39 is 11.6 Å². The Labute approximate surface area is 196 Å². The minimum Gasteiger partial charge on any atom is -0.482 e. The highest BCUT2D eigenvalue weighted by Gasteiger charge is 2.30. The van der Waals surface area contributed by atoms with Crippen molar-refractivity contribution in [2.75, 3.05) is 19.8 Å². The van der Waals surface area contributed by atoms with Crippen molar-refractivity contribution in [1.82, 2.24) is 10.6 Å². The summed E-state index contributed by atoms with van der Waals surface area (Å²) in [6, 6.07) is 7.76. The molecule has 1 saturated carbocycles. The smallest absolute Gasteiger partial charge is 0.407 e. The molecule has 1 aliphatic carbocycles. The third-order valence-electron chi connectivity index (χ3n) is 6.18. The number of benzene rings is 1. The number of hydrogen-bond donors (Lipinski definition) is 3. The average molecular weight is 463 g/mol. The van der Waals surface area contributed by atoms with Crippen molar-refractivity contribution >= 4 is 12.1 Å². The van der Waals surface area contributed by atoms with Crippen LogP contribution in [0.25, 0.3) is 0 Å². The highest BCUT2D eigenvalue weighted by atomic mass is 16.6. The van der Waals surface area contributed by atoms with Crippen molar-refractivity contribution in [2.45, 2.75) is 89.0 Å². The molecule has 2 fully saturated rings. The van der Waals surface area contributed by atoms with Gasteiger partial charge < -0.3 is 30.0 Å². The molecular formula is C25H38N2O6. The Morgan fingerprint density at radius 2 is 1.85 bits per heavy atom. The van der Waals surface area contributed by atoms with Crippen LogP contribution >= 0.6 is 0 Å². The number of amides is 1. The molecule has 0 aromatic heterocycles. The minimum absolute atomic E-state index is 0.0109. The predicted molar refractivity (Wildman–Crippen MR) is 125 cm³/mol. The van der Waals surface area contributed by atoms with Crippen LogP contribution in [0.4, 0.5) is 4.79 Å². The fraction of sp³-hybridized carbons (Fsp3) is 0.680. The minimum atomic E-state index is -0.974. The van der Waals surface area contributed by atoms with Gasteiger partial charge in [-0.3, -0.25) is 0 Å². The number of aliphatic carboxylic acids is 1. The van der Waals surface area contributed by atoms with E-state index in [1.54, 1.807) is 0 Å². The maximum atomic E-state index is 12.2. The number of hydrogen-bond acceptors (Lipinski definition) is 6. The van der Waals surface area contributed by atoms with Gasteiger partial charge in [0.05, 0.1) is 18.8 Å². The molecule has 184 valence electrons.